The largest absolute Gasteiger partial charge is 0.335 e. The van der Waals surface area contributed by atoms with Gasteiger partial charge < -0.3 is 4.90 Å². The number of nitrogens with zero attached hydrogens (tertiary/aromatic N) is 4. The molecule has 5 rings (SSSR count). The number of thiazole rings is 1. The fourth-order valence-corrected chi connectivity index (χ4v) is 5.09. The molecule has 0 aliphatic carbocycles. The molecule has 2 aromatic rings. The Balaban J connectivity index is 1.48. The molecular formula is C18H22N4OS2. The maximum Gasteiger partial charge on any atom is 0.273 e. The lowest BCUT2D eigenvalue weighted by atomic mass is 9.95. The molecule has 0 unspecified atom stereocenters. The molecule has 2 aromatic heterocycles. The molecule has 0 radical (unpaired) electrons. The number of carbonyl (C=O) groups is 1. The fourth-order valence-electron chi connectivity index (χ4n) is 3.85. The number of hydrogen-bond donors (Lipinski definition) is 0. The summed E-state index contributed by atoms with van der Waals surface area (Å²) in [6.07, 6.45) is 6.22. The van der Waals surface area contributed by atoms with Crippen molar-refractivity contribution in [3.05, 3.63) is 41.2 Å². The van der Waals surface area contributed by atoms with E-state index < -0.39 is 0 Å². The van der Waals surface area contributed by atoms with Crippen LogP contribution in [0.15, 0.2) is 34.1 Å². The number of amides is 1. The number of rotatable bonds is 4. The van der Waals surface area contributed by atoms with Gasteiger partial charge >= 0.3 is 0 Å². The van der Waals surface area contributed by atoms with E-state index in [1.165, 1.54) is 6.42 Å². The molecule has 2 atom stereocenters. The number of piperidine rings is 1. The summed E-state index contributed by atoms with van der Waals surface area (Å²) in [5.41, 5.74) is 1.71. The zero-order valence-electron chi connectivity index (χ0n) is 14.3. The molecule has 5 heterocycles. The van der Waals surface area contributed by atoms with Gasteiger partial charge in [0, 0.05) is 43.8 Å². The monoisotopic (exact) mass is 374 g/mol. The average molecular weight is 375 g/mol. The second kappa shape index (κ2) is 7.43. The third kappa shape index (κ3) is 3.73. The van der Waals surface area contributed by atoms with Crippen LogP contribution in [0.3, 0.4) is 0 Å². The lowest BCUT2D eigenvalue weighted by molar-refractivity contribution is 0.0730. The number of aromatic nitrogens is 2. The maximum atomic E-state index is 12.9. The Bertz CT molecular complexity index is 736. The first-order valence-corrected chi connectivity index (χ1v) is 10.8. The van der Waals surface area contributed by atoms with Crippen LogP contribution in [0.5, 0.6) is 0 Å². The number of carbonyl (C=O) groups excluding carboxylic acids is 1. The first-order chi connectivity index (χ1) is 12.2. The van der Waals surface area contributed by atoms with Gasteiger partial charge in [-0.05, 0) is 37.1 Å². The SMILES string of the molecule is CSc1nc(C(=O)N2C[C@H]3CC[C@@H](C2)N(Cc2ccccn2)C3)cs1. The Morgan fingerprint density at radius 1 is 1.32 bits per heavy atom. The molecule has 2 bridgehead atoms. The summed E-state index contributed by atoms with van der Waals surface area (Å²) in [6, 6.07) is 6.50. The van der Waals surface area contributed by atoms with E-state index in [0.29, 0.717) is 17.7 Å². The van der Waals surface area contributed by atoms with Gasteiger partial charge in [0.05, 0.1) is 5.69 Å². The molecular weight excluding hydrogens is 352 g/mol. The topological polar surface area (TPSA) is 49.3 Å². The second-order valence-electron chi connectivity index (χ2n) is 6.76. The van der Waals surface area contributed by atoms with Gasteiger partial charge in [-0.25, -0.2) is 4.98 Å². The summed E-state index contributed by atoms with van der Waals surface area (Å²) < 4.78 is 0.956. The predicted molar refractivity (Wildman–Crippen MR) is 101 cm³/mol. The van der Waals surface area contributed by atoms with Crippen molar-refractivity contribution >= 4 is 29.0 Å². The zero-order chi connectivity index (χ0) is 17.2. The van der Waals surface area contributed by atoms with E-state index in [-0.39, 0.29) is 5.91 Å². The highest BCUT2D eigenvalue weighted by Crippen LogP contribution is 2.30. The van der Waals surface area contributed by atoms with Crippen LogP contribution in [-0.4, -0.2) is 57.6 Å². The molecule has 5 nitrogen and oxygen atoms in total. The molecule has 1 amide bonds. The summed E-state index contributed by atoms with van der Waals surface area (Å²) in [6.45, 7) is 3.57. The van der Waals surface area contributed by atoms with E-state index in [1.807, 2.05) is 34.9 Å². The van der Waals surface area contributed by atoms with Gasteiger partial charge in [0.25, 0.3) is 5.91 Å². The minimum absolute atomic E-state index is 0.0909. The van der Waals surface area contributed by atoms with E-state index in [9.17, 15) is 4.79 Å². The van der Waals surface area contributed by atoms with Crippen LogP contribution in [0.4, 0.5) is 0 Å². The van der Waals surface area contributed by atoms with Crippen LogP contribution in [0, 0.1) is 5.92 Å². The summed E-state index contributed by atoms with van der Waals surface area (Å²) in [7, 11) is 0. The molecule has 0 saturated carbocycles. The molecule has 3 saturated heterocycles. The fraction of sp³-hybridized carbons (Fsp3) is 0.500. The number of fused-ring (bicyclic) bond motifs is 4. The van der Waals surface area contributed by atoms with Crippen molar-refractivity contribution in [2.24, 2.45) is 5.92 Å². The van der Waals surface area contributed by atoms with Crippen molar-refractivity contribution in [3.63, 3.8) is 0 Å². The molecule has 3 aliphatic heterocycles. The second-order valence-corrected chi connectivity index (χ2v) is 8.67. The minimum atomic E-state index is 0.0909. The standard InChI is InChI=1S/C18H22N4OS2/c1-24-18-20-16(12-25-18)17(23)22-9-13-5-6-15(11-22)21(8-13)10-14-4-2-3-7-19-14/h2-4,7,12-13,15H,5-6,8-11H2,1H3/t13-,15-/m0/s1. The summed E-state index contributed by atoms with van der Waals surface area (Å²) in [5, 5.41) is 1.90. The molecule has 0 aromatic carbocycles. The number of pyridine rings is 1. The van der Waals surface area contributed by atoms with Gasteiger partial charge in [0.1, 0.15) is 10.0 Å². The summed E-state index contributed by atoms with van der Waals surface area (Å²) in [4.78, 5) is 26.4. The van der Waals surface area contributed by atoms with E-state index in [2.05, 4.69) is 20.9 Å². The minimum Gasteiger partial charge on any atom is -0.335 e. The van der Waals surface area contributed by atoms with Crippen LogP contribution in [0.1, 0.15) is 29.0 Å². The van der Waals surface area contributed by atoms with Crippen LogP contribution in [0.2, 0.25) is 0 Å². The predicted octanol–water partition coefficient (Wildman–Crippen LogP) is 3.00. The van der Waals surface area contributed by atoms with Crippen molar-refractivity contribution < 1.29 is 4.79 Å². The number of thioether (sulfide) groups is 1. The Morgan fingerprint density at radius 3 is 3.00 bits per heavy atom. The third-order valence-corrected chi connectivity index (χ3v) is 6.95. The van der Waals surface area contributed by atoms with Crippen molar-refractivity contribution in [2.75, 3.05) is 25.9 Å². The van der Waals surface area contributed by atoms with Gasteiger partial charge in [0.2, 0.25) is 0 Å². The maximum absolute atomic E-state index is 12.9. The van der Waals surface area contributed by atoms with E-state index in [1.54, 1.807) is 23.1 Å². The molecule has 132 valence electrons. The highest BCUT2D eigenvalue weighted by molar-refractivity contribution is 8.00. The molecule has 0 N–H and O–H groups in total. The van der Waals surface area contributed by atoms with Crippen LogP contribution < -0.4 is 0 Å². The first-order valence-electron chi connectivity index (χ1n) is 8.65. The quantitative estimate of drug-likeness (QED) is 0.770. The molecule has 25 heavy (non-hydrogen) atoms. The molecule has 3 fully saturated rings. The zero-order valence-corrected chi connectivity index (χ0v) is 15.9. The van der Waals surface area contributed by atoms with E-state index in [4.69, 9.17) is 0 Å². The van der Waals surface area contributed by atoms with Gasteiger partial charge in [-0.1, -0.05) is 17.8 Å². The van der Waals surface area contributed by atoms with Crippen molar-refractivity contribution in [2.45, 2.75) is 29.8 Å². The van der Waals surface area contributed by atoms with Crippen molar-refractivity contribution in [3.8, 4) is 0 Å². The Morgan fingerprint density at radius 2 is 2.24 bits per heavy atom. The van der Waals surface area contributed by atoms with Gasteiger partial charge in [0.15, 0.2) is 0 Å². The average Bonchev–Trinajstić information content (AvgIpc) is 2.95. The normalized spacial score (nSPS) is 23.6. The summed E-state index contributed by atoms with van der Waals surface area (Å²) >= 11 is 3.15. The molecule has 0 spiro atoms. The Labute approximate surface area is 156 Å². The third-order valence-electron chi connectivity index (χ3n) is 5.08. The van der Waals surface area contributed by atoms with Gasteiger partial charge in [-0.15, -0.1) is 11.3 Å². The van der Waals surface area contributed by atoms with Crippen LogP contribution in [-0.2, 0) is 6.54 Å². The number of hydrogen-bond acceptors (Lipinski definition) is 6. The smallest absolute Gasteiger partial charge is 0.273 e. The van der Waals surface area contributed by atoms with Crippen LogP contribution >= 0.6 is 23.1 Å². The van der Waals surface area contributed by atoms with E-state index >= 15 is 0 Å². The van der Waals surface area contributed by atoms with Crippen LogP contribution in [0.25, 0.3) is 0 Å². The first kappa shape index (κ1) is 17.0. The molecule has 3 aliphatic rings. The Hall–Kier alpha value is -1.44. The molecule has 7 heteroatoms. The lowest BCUT2D eigenvalue weighted by Crippen LogP contribution is -2.44. The highest BCUT2D eigenvalue weighted by atomic mass is 32.2. The highest BCUT2D eigenvalue weighted by Gasteiger charge is 2.37. The lowest BCUT2D eigenvalue weighted by Gasteiger charge is -2.35. The summed E-state index contributed by atoms with van der Waals surface area (Å²) in [5.74, 6) is 0.637. The van der Waals surface area contributed by atoms with Gasteiger partial charge in [-0.2, -0.15) is 0 Å². The van der Waals surface area contributed by atoms with Crippen molar-refractivity contribution in [1.82, 2.24) is 19.8 Å². The van der Waals surface area contributed by atoms with E-state index in [0.717, 1.165) is 42.6 Å². The van der Waals surface area contributed by atoms with Gasteiger partial charge in [-0.3, -0.25) is 14.7 Å². The van der Waals surface area contributed by atoms with Crippen molar-refractivity contribution in [1.29, 1.82) is 0 Å². The Kier molecular flexibility index (Phi) is 5.05.